The first-order chi connectivity index (χ1) is 11.1. The molecule has 0 bridgehead atoms. The van der Waals surface area contributed by atoms with Crippen molar-refractivity contribution >= 4 is 11.9 Å². The highest BCUT2D eigenvalue weighted by Gasteiger charge is 2.16. The van der Waals surface area contributed by atoms with Crippen LogP contribution in [0, 0.1) is 6.92 Å². The van der Waals surface area contributed by atoms with Crippen molar-refractivity contribution in [1.82, 2.24) is 15.3 Å². The second-order valence-corrected chi connectivity index (χ2v) is 6.25. The molecule has 0 aliphatic carbocycles. The number of carbonyl (C=O) groups excluding carboxylic acids is 1. The van der Waals surface area contributed by atoms with E-state index in [0.717, 1.165) is 30.3 Å². The molecule has 0 spiro atoms. The number of anilines is 1. The number of nitrogens with zero attached hydrogens (tertiary/aromatic N) is 3. The van der Waals surface area contributed by atoms with Gasteiger partial charge < -0.3 is 10.2 Å². The van der Waals surface area contributed by atoms with Crippen molar-refractivity contribution in [2.75, 3.05) is 18.0 Å². The monoisotopic (exact) mass is 316 g/mol. The summed E-state index contributed by atoms with van der Waals surface area (Å²) in [5.74, 6) is 0.789. The van der Waals surface area contributed by atoms with Crippen molar-refractivity contribution < 1.29 is 4.79 Å². The largest absolute Gasteiger partial charge is 0.349 e. The lowest BCUT2D eigenvalue weighted by molar-refractivity contribution is -0.120. The van der Waals surface area contributed by atoms with Gasteiger partial charge in [-0.15, -0.1) is 6.58 Å². The molecule has 0 radical (unpaired) electrons. The van der Waals surface area contributed by atoms with Crippen LogP contribution in [0.25, 0.3) is 0 Å². The van der Waals surface area contributed by atoms with Gasteiger partial charge in [0.05, 0.1) is 6.04 Å². The topological polar surface area (TPSA) is 58.1 Å². The summed E-state index contributed by atoms with van der Waals surface area (Å²) in [7, 11) is 0. The van der Waals surface area contributed by atoms with E-state index in [1.165, 1.54) is 32.1 Å². The number of aromatic nitrogens is 2. The van der Waals surface area contributed by atoms with Crippen LogP contribution in [0.1, 0.15) is 62.7 Å². The highest BCUT2D eigenvalue weighted by molar-refractivity contribution is 5.77. The van der Waals surface area contributed by atoms with Crippen molar-refractivity contribution in [3.05, 3.63) is 30.1 Å². The number of hydrogen-bond acceptors (Lipinski definition) is 4. The molecule has 0 aromatic carbocycles. The van der Waals surface area contributed by atoms with Crippen LogP contribution in [0.5, 0.6) is 0 Å². The molecule has 126 valence electrons. The second-order valence-electron chi connectivity index (χ2n) is 6.25. The van der Waals surface area contributed by atoms with Crippen LogP contribution >= 0.6 is 0 Å². The summed E-state index contributed by atoms with van der Waals surface area (Å²) in [6.07, 6.45) is 10.1. The molecule has 1 aromatic heterocycles. The molecule has 2 heterocycles. The fraction of sp³-hybridized carbons (Fsp3) is 0.611. The standard InChI is InChI=1S/C18H28N4O/c1-4-10-17(23)20-14(2)16-13-19-18(21-15(16)3)22-11-8-6-5-7-9-12-22/h4,13-14H,1,5-12H2,2-3H3,(H,20,23). The smallest absolute Gasteiger partial charge is 0.225 e. The minimum Gasteiger partial charge on any atom is -0.349 e. The zero-order valence-electron chi connectivity index (χ0n) is 14.3. The van der Waals surface area contributed by atoms with E-state index in [1.807, 2.05) is 20.0 Å². The normalized spacial score (nSPS) is 17.0. The summed E-state index contributed by atoms with van der Waals surface area (Å²) in [5.41, 5.74) is 1.90. The third-order valence-corrected chi connectivity index (χ3v) is 4.32. The van der Waals surface area contributed by atoms with Gasteiger partial charge in [-0.2, -0.15) is 0 Å². The fourth-order valence-electron chi connectivity index (χ4n) is 3.00. The summed E-state index contributed by atoms with van der Waals surface area (Å²) in [5, 5.41) is 2.95. The van der Waals surface area contributed by atoms with Crippen LogP contribution in [0.15, 0.2) is 18.9 Å². The van der Waals surface area contributed by atoms with Gasteiger partial charge in [0.1, 0.15) is 0 Å². The molecule has 1 saturated heterocycles. The van der Waals surface area contributed by atoms with Gasteiger partial charge in [-0.3, -0.25) is 4.79 Å². The molecule has 1 amide bonds. The van der Waals surface area contributed by atoms with Crippen LogP contribution in [0.3, 0.4) is 0 Å². The van der Waals surface area contributed by atoms with Crippen LogP contribution < -0.4 is 10.2 Å². The molecule has 23 heavy (non-hydrogen) atoms. The number of hydrogen-bond donors (Lipinski definition) is 1. The van der Waals surface area contributed by atoms with E-state index in [9.17, 15) is 4.79 Å². The Morgan fingerprint density at radius 1 is 1.35 bits per heavy atom. The van der Waals surface area contributed by atoms with Gasteiger partial charge in [0, 0.05) is 37.0 Å². The summed E-state index contributed by atoms with van der Waals surface area (Å²) < 4.78 is 0. The highest BCUT2D eigenvalue weighted by Crippen LogP contribution is 2.20. The van der Waals surface area contributed by atoms with Crippen molar-refractivity contribution in [2.45, 2.75) is 58.4 Å². The average molecular weight is 316 g/mol. The maximum Gasteiger partial charge on any atom is 0.225 e. The SMILES string of the molecule is C=CCC(=O)NC(C)c1cnc(N2CCCCCCC2)nc1C. The molecule has 1 aromatic rings. The minimum absolute atomic E-state index is 0.0280. The van der Waals surface area contributed by atoms with Gasteiger partial charge in [0.25, 0.3) is 0 Å². The van der Waals surface area contributed by atoms with E-state index in [-0.39, 0.29) is 11.9 Å². The Balaban J connectivity index is 2.06. The number of nitrogens with one attached hydrogen (secondary N) is 1. The van der Waals surface area contributed by atoms with E-state index in [2.05, 4.69) is 26.8 Å². The molecular weight excluding hydrogens is 288 g/mol. The van der Waals surface area contributed by atoms with Gasteiger partial charge in [-0.1, -0.05) is 25.3 Å². The first kappa shape index (κ1) is 17.4. The average Bonchev–Trinajstić information content (AvgIpc) is 2.46. The molecule has 1 aliphatic rings. The molecule has 1 fully saturated rings. The van der Waals surface area contributed by atoms with Crippen molar-refractivity contribution in [1.29, 1.82) is 0 Å². The van der Waals surface area contributed by atoms with Crippen molar-refractivity contribution in [3.63, 3.8) is 0 Å². The molecule has 0 saturated carbocycles. The maximum absolute atomic E-state index is 11.7. The van der Waals surface area contributed by atoms with Gasteiger partial charge >= 0.3 is 0 Å². The Labute approximate surface area is 139 Å². The molecule has 5 nitrogen and oxygen atoms in total. The molecule has 2 rings (SSSR count). The molecular formula is C18H28N4O. The first-order valence-corrected chi connectivity index (χ1v) is 8.60. The predicted molar refractivity (Wildman–Crippen MR) is 93.4 cm³/mol. The molecule has 1 unspecified atom stereocenters. The summed E-state index contributed by atoms with van der Waals surface area (Å²) in [4.78, 5) is 23.2. The van der Waals surface area contributed by atoms with E-state index >= 15 is 0 Å². The van der Waals surface area contributed by atoms with Gasteiger partial charge in [0.15, 0.2) is 0 Å². The Bertz CT molecular complexity index is 536. The number of amides is 1. The second kappa shape index (κ2) is 8.65. The van der Waals surface area contributed by atoms with E-state index in [4.69, 9.17) is 0 Å². The van der Waals surface area contributed by atoms with E-state index in [1.54, 1.807) is 6.08 Å². The zero-order chi connectivity index (χ0) is 16.7. The Morgan fingerprint density at radius 3 is 2.61 bits per heavy atom. The Hall–Kier alpha value is -1.91. The summed E-state index contributed by atoms with van der Waals surface area (Å²) in [6, 6.07) is -0.0937. The van der Waals surface area contributed by atoms with Gasteiger partial charge in [-0.05, 0) is 26.7 Å². The third kappa shape index (κ3) is 5.05. The third-order valence-electron chi connectivity index (χ3n) is 4.32. The molecule has 1 atom stereocenters. The lowest BCUT2D eigenvalue weighted by Crippen LogP contribution is -2.30. The molecule has 1 N–H and O–H groups in total. The number of rotatable bonds is 5. The summed E-state index contributed by atoms with van der Waals surface area (Å²) in [6.45, 7) is 9.60. The van der Waals surface area contributed by atoms with Crippen LogP contribution in [-0.4, -0.2) is 29.0 Å². The molecule has 5 heteroatoms. The fourth-order valence-corrected chi connectivity index (χ4v) is 3.00. The van der Waals surface area contributed by atoms with E-state index in [0.29, 0.717) is 6.42 Å². The quantitative estimate of drug-likeness (QED) is 0.847. The minimum atomic E-state index is -0.0937. The zero-order valence-corrected chi connectivity index (χ0v) is 14.3. The number of carbonyl (C=O) groups is 1. The van der Waals surface area contributed by atoms with Crippen molar-refractivity contribution in [3.8, 4) is 0 Å². The Kier molecular flexibility index (Phi) is 6.56. The van der Waals surface area contributed by atoms with Gasteiger partial charge in [0.2, 0.25) is 11.9 Å². The van der Waals surface area contributed by atoms with Crippen LogP contribution in [0.4, 0.5) is 5.95 Å². The lowest BCUT2D eigenvalue weighted by atomic mass is 10.1. The Morgan fingerprint density at radius 2 is 2.00 bits per heavy atom. The number of aryl methyl sites for hydroxylation is 1. The van der Waals surface area contributed by atoms with Crippen molar-refractivity contribution in [2.24, 2.45) is 0 Å². The van der Waals surface area contributed by atoms with Crippen LogP contribution in [0.2, 0.25) is 0 Å². The van der Waals surface area contributed by atoms with Gasteiger partial charge in [-0.25, -0.2) is 9.97 Å². The maximum atomic E-state index is 11.7. The molecule has 1 aliphatic heterocycles. The lowest BCUT2D eigenvalue weighted by Gasteiger charge is -2.25. The van der Waals surface area contributed by atoms with Crippen LogP contribution in [-0.2, 0) is 4.79 Å². The summed E-state index contributed by atoms with van der Waals surface area (Å²) >= 11 is 0. The predicted octanol–water partition coefficient (Wildman–Crippen LogP) is 3.31. The first-order valence-electron chi connectivity index (χ1n) is 8.60. The van der Waals surface area contributed by atoms with E-state index < -0.39 is 0 Å². The highest BCUT2D eigenvalue weighted by atomic mass is 16.1.